The third-order valence-corrected chi connectivity index (χ3v) is 2.71. The molecule has 0 fully saturated rings. The van der Waals surface area contributed by atoms with Crippen molar-refractivity contribution in [2.45, 2.75) is 12.5 Å². The molecule has 1 atom stereocenters. The van der Waals surface area contributed by atoms with Crippen LogP contribution in [-0.2, 0) is 5.60 Å². The van der Waals surface area contributed by atoms with Crippen molar-refractivity contribution in [1.29, 1.82) is 0 Å². The first-order chi connectivity index (χ1) is 8.14. The summed E-state index contributed by atoms with van der Waals surface area (Å²) in [7, 11) is 1.61. The normalized spacial score (nSPS) is 14.1. The maximum absolute atomic E-state index is 10.5. The number of hydrogen-bond acceptors (Lipinski definition) is 4. The molecule has 88 valence electrons. The van der Waals surface area contributed by atoms with Crippen LogP contribution in [0.15, 0.2) is 42.9 Å². The van der Waals surface area contributed by atoms with Crippen LogP contribution in [0.4, 0.5) is 0 Å². The molecule has 1 heterocycles. The standard InChI is InChI=1S/C13H14N2O2/c1-13(16,12-9-14-7-8-15-12)10-3-5-11(17-2)6-4-10/h3-9,16H,1-2H3. The molecule has 1 aromatic heterocycles. The Morgan fingerprint density at radius 2 is 1.88 bits per heavy atom. The number of benzene rings is 1. The third-order valence-electron chi connectivity index (χ3n) is 2.71. The van der Waals surface area contributed by atoms with E-state index in [4.69, 9.17) is 4.74 Å². The summed E-state index contributed by atoms with van der Waals surface area (Å²) in [5, 5.41) is 10.5. The molecular formula is C13H14N2O2. The fraction of sp³-hybridized carbons (Fsp3) is 0.231. The van der Waals surface area contributed by atoms with Gasteiger partial charge in [-0.1, -0.05) is 12.1 Å². The van der Waals surface area contributed by atoms with E-state index in [0.717, 1.165) is 11.3 Å². The van der Waals surface area contributed by atoms with Gasteiger partial charge < -0.3 is 9.84 Å². The Hall–Kier alpha value is -1.94. The van der Waals surface area contributed by atoms with Crippen LogP contribution in [0.5, 0.6) is 5.75 Å². The Balaban J connectivity index is 2.37. The zero-order chi connectivity index (χ0) is 12.3. The van der Waals surface area contributed by atoms with Crippen molar-refractivity contribution in [3.63, 3.8) is 0 Å². The molecule has 0 saturated heterocycles. The lowest BCUT2D eigenvalue weighted by Crippen LogP contribution is -2.24. The summed E-state index contributed by atoms with van der Waals surface area (Å²) in [6.07, 6.45) is 4.70. The maximum atomic E-state index is 10.5. The summed E-state index contributed by atoms with van der Waals surface area (Å²) in [5.74, 6) is 0.753. The van der Waals surface area contributed by atoms with Crippen molar-refractivity contribution in [3.05, 3.63) is 54.1 Å². The zero-order valence-electron chi connectivity index (χ0n) is 9.79. The molecule has 1 N–H and O–H groups in total. The second-order valence-corrected chi connectivity index (χ2v) is 3.89. The Morgan fingerprint density at radius 1 is 1.18 bits per heavy atom. The summed E-state index contributed by atoms with van der Waals surface area (Å²) < 4.78 is 5.08. The van der Waals surface area contributed by atoms with Crippen LogP contribution in [0.3, 0.4) is 0 Å². The third kappa shape index (κ3) is 2.26. The van der Waals surface area contributed by atoms with Gasteiger partial charge in [0.1, 0.15) is 11.4 Å². The van der Waals surface area contributed by atoms with Crippen molar-refractivity contribution < 1.29 is 9.84 Å². The van der Waals surface area contributed by atoms with E-state index < -0.39 is 5.60 Å². The molecule has 4 heteroatoms. The predicted molar refractivity (Wildman–Crippen MR) is 63.7 cm³/mol. The van der Waals surface area contributed by atoms with Gasteiger partial charge in [-0.3, -0.25) is 9.97 Å². The molecule has 0 radical (unpaired) electrons. The second kappa shape index (κ2) is 4.51. The molecule has 0 aliphatic heterocycles. The Bertz CT molecular complexity index is 481. The monoisotopic (exact) mass is 230 g/mol. The molecule has 2 aromatic rings. The first-order valence-corrected chi connectivity index (χ1v) is 5.28. The van der Waals surface area contributed by atoms with Gasteiger partial charge in [-0.15, -0.1) is 0 Å². The van der Waals surface area contributed by atoms with Crippen molar-refractivity contribution in [2.75, 3.05) is 7.11 Å². The Kier molecular flexibility index (Phi) is 3.06. The van der Waals surface area contributed by atoms with E-state index in [-0.39, 0.29) is 0 Å². The van der Waals surface area contributed by atoms with Crippen LogP contribution in [0.2, 0.25) is 0 Å². The van der Waals surface area contributed by atoms with Crippen molar-refractivity contribution in [1.82, 2.24) is 9.97 Å². The summed E-state index contributed by atoms with van der Waals surface area (Å²) in [6.45, 7) is 1.69. The van der Waals surface area contributed by atoms with E-state index in [9.17, 15) is 5.11 Å². The maximum Gasteiger partial charge on any atom is 0.130 e. The highest BCUT2D eigenvalue weighted by Gasteiger charge is 2.27. The van der Waals surface area contributed by atoms with Crippen molar-refractivity contribution in [3.8, 4) is 5.75 Å². The molecule has 0 saturated carbocycles. The molecule has 17 heavy (non-hydrogen) atoms. The van der Waals surface area contributed by atoms with E-state index in [0.29, 0.717) is 5.69 Å². The minimum Gasteiger partial charge on any atom is -0.497 e. The van der Waals surface area contributed by atoms with Gasteiger partial charge >= 0.3 is 0 Å². The molecule has 2 rings (SSSR count). The molecule has 0 spiro atoms. The molecular weight excluding hydrogens is 216 g/mol. The van der Waals surface area contributed by atoms with Crippen LogP contribution < -0.4 is 4.74 Å². The van der Waals surface area contributed by atoms with E-state index in [1.54, 1.807) is 44.8 Å². The molecule has 0 amide bonds. The van der Waals surface area contributed by atoms with Gasteiger partial charge in [0.2, 0.25) is 0 Å². The van der Waals surface area contributed by atoms with Crippen LogP contribution in [0, 0.1) is 0 Å². The first-order valence-electron chi connectivity index (χ1n) is 5.28. The van der Waals surface area contributed by atoms with Gasteiger partial charge in [0.05, 0.1) is 19.0 Å². The number of ether oxygens (including phenoxy) is 1. The van der Waals surface area contributed by atoms with Gasteiger partial charge in [0, 0.05) is 12.4 Å². The van der Waals surface area contributed by atoms with Crippen LogP contribution in [0.25, 0.3) is 0 Å². The quantitative estimate of drug-likeness (QED) is 0.872. The highest BCUT2D eigenvalue weighted by Crippen LogP contribution is 2.28. The number of aromatic nitrogens is 2. The molecule has 0 aliphatic carbocycles. The topological polar surface area (TPSA) is 55.2 Å². The average molecular weight is 230 g/mol. The Labute approximate surface area is 99.9 Å². The van der Waals surface area contributed by atoms with Crippen LogP contribution in [0.1, 0.15) is 18.2 Å². The highest BCUT2D eigenvalue weighted by molar-refractivity contribution is 5.34. The number of hydrogen-bond donors (Lipinski definition) is 1. The molecule has 0 bridgehead atoms. The molecule has 4 nitrogen and oxygen atoms in total. The van der Waals surface area contributed by atoms with Gasteiger partial charge in [0.15, 0.2) is 0 Å². The van der Waals surface area contributed by atoms with Gasteiger partial charge in [0.25, 0.3) is 0 Å². The first kappa shape index (κ1) is 11.5. The fourth-order valence-corrected chi connectivity index (χ4v) is 1.61. The summed E-state index contributed by atoms with van der Waals surface area (Å²) in [6, 6.07) is 7.24. The fourth-order valence-electron chi connectivity index (χ4n) is 1.61. The zero-order valence-corrected chi connectivity index (χ0v) is 9.79. The van der Waals surface area contributed by atoms with Gasteiger partial charge in [-0.25, -0.2) is 0 Å². The minimum atomic E-state index is -1.15. The van der Waals surface area contributed by atoms with E-state index in [1.165, 1.54) is 0 Å². The smallest absolute Gasteiger partial charge is 0.130 e. The SMILES string of the molecule is COc1ccc(C(C)(O)c2cnccn2)cc1. The number of rotatable bonds is 3. The largest absolute Gasteiger partial charge is 0.497 e. The number of aliphatic hydroxyl groups is 1. The van der Waals surface area contributed by atoms with E-state index in [1.807, 2.05) is 12.1 Å². The minimum absolute atomic E-state index is 0.519. The highest BCUT2D eigenvalue weighted by atomic mass is 16.5. The Morgan fingerprint density at radius 3 is 2.41 bits per heavy atom. The number of nitrogens with zero attached hydrogens (tertiary/aromatic N) is 2. The van der Waals surface area contributed by atoms with E-state index in [2.05, 4.69) is 9.97 Å². The summed E-state index contributed by atoms with van der Waals surface area (Å²) >= 11 is 0. The average Bonchev–Trinajstić information content (AvgIpc) is 2.40. The van der Waals surface area contributed by atoms with Crippen molar-refractivity contribution >= 4 is 0 Å². The lowest BCUT2D eigenvalue weighted by Gasteiger charge is -2.22. The van der Waals surface area contributed by atoms with Gasteiger partial charge in [-0.05, 0) is 24.6 Å². The lowest BCUT2D eigenvalue weighted by atomic mass is 9.93. The lowest BCUT2D eigenvalue weighted by molar-refractivity contribution is 0.0969. The van der Waals surface area contributed by atoms with E-state index >= 15 is 0 Å². The molecule has 0 aliphatic rings. The predicted octanol–water partition coefficient (Wildman–Crippen LogP) is 1.74. The van der Waals surface area contributed by atoms with Crippen molar-refractivity contribution in [2.24, 2.45) is 0 Å². The molecule has 1 unspecified atom stereocenters. The van der Waals surface area contributed by atoms with Gasteiger partial charge in [-0.2, -0.15) is 0 Å². The number of methoxy groups -OCH3 is 1. The van der Waals surface area contributed by atoms with Crippen LogP contribution >= 0.6 is 0 Å². The second-order valence-electron chi connectivity index (χ2n) is 3.89. The molecule has 1 aromatic carbocycles. The summed E-state index contributed by atoms with van der Waals surface area (Å²) in [5.41, 5.74) is 0.115. The van der Waals surface area contributed by atoms with Crippen LogP contribution in [-0.4, -0.2) is 22.2 Å². The summed E-state index contributed by atoms with van der Waals surface area (Å²) in [4.78, 5) is 8.09.